The van der Waals surface area contributed by atoms with Crippen LogP contribution in [0.25, 0.3) is 0 Å². The molecule has 0 radical (unpaired) electrons. The van der Waals surface area contributed by atoms with E-state index in [2.05, 4.69) is 0 Å². The first-order valence-corrected chi connectivity index (χ1v) is 7.33. The van der Waals surface area contributed by atoms with Gasteiger partial charge in [-0.15, -0.1) is 0 Å². The summed E-state index contributed by atoms with van der Waals surface area (Å²) in [5, 5.41) is 0. The van der Waals surface area contributed by atoms with Gasteiger partial charge in [0.05, 0.1) is 7.11 Å². The molecule has 1 aromatic carbocycles. The zero-order valence-corrected chi connectivity index (χ0v) is 12.3. The van der Waals surface area contributed by atoms with E-state index in [1.165, 1.54) is 12.0 Å². The fraction of sp³-hybridized carbons (Fsp3) is 0.500. The van der Waals surface area contributed by atoms with Gasteiger partial charge < -0.3 is 9.47 Å². The van der Waals surface area contributed by atoms with Crippen molar-refractivity contribution < 1.29 is 19.1 Å². The van der Waals surface area contributed by atoms with Crippen LogP contribution in [0, 0.1) is 0 Å². The first kappa shape index (κ1) is 15.4. The quantitative estimate of drug-likeness (QED) is 0.786. The third kappa shape index (κ3) is 4.21. The molecule has 0 spiro atoms. The smallest absolute Gasteiger partial charge is 0.415 e. The highest BCUT2D eigenvalue weighted by Crippen LogP contribution is 2.20. The Morgan fingerprint density at radius 3 is 2.52 bits per heavy atom. The van der Waals surface area contributed by atoms with Crippen LogP contribution in [0.2, 0.25) is 0 Å². The summed E-state index contributed by atoms with van der Waals surface area (Å²) >= 11 is 0. The average molecular weight is 291 g/mol. The average Bonchev–Trinajstić information content (AvgIpc) is 2.47. The lowest BCUT2D eigenvalue weighted by molar-refractivity contribution is -0.146. The van der Waals surface area contributed by atoms with E-state index in [1.807, 2.05) is 6.07 Å². The van der Waals surface area contributed by atoms with E-state index in [0.29, 0.717) is 18.7 Å². The highest BCUT2D eigenvalue weighted by molar-refractivity contribution is 5.82. The first-order chi connectivity index (χ1) is 10.2. The number of likely N-dealkylation sites (tertiary alicyclic amines) is 1. The molecule has 5 nitrogen and oxygen atoms in total. The van der Waals surface area contributed by atoms with E-state index in [-0.39, 0.29) is 5.97 Å². The minimum absolute atomic E-state index is 0.373. The van der Waals surface area contributed by atoms with Gasteiger partial charge in [-0.1, -0.05) is 37.5 Å². The highest BCUT2D eigenvalue weighted by Gasteiger charge is 2.32. The van der Waals surface area contributed by atoms with Crippen molar-refractivity contribution in [1.82, 2.24) is 4.90 Å². The van der Waals surface area contributed by atoms with Crippen LogP contribution in [0.1, 0.15) is 32.1 Å². The van der Waals surface area contributed by atoms with Gasteiger partial charge in [0.1, 0.15) is 11.8 Å². The lowest BCUT2D eigenvalue weighted by Crippen LogP contribution is -2.48. The van der Waals surface area contributed by atoms with Crippen LogP contribution in [-0.4, -0.2) is 36.7 Å². The summed E-state index contributed by atoms with van der Waals surface area (Å²) in [5.74, 6) is 0.107. The molecule has 1 heterocycles. The summed E-state index contributed by atoms with van der Waals surface area (Å²) in [6.07, 6.45) is 4.06. The zero-order chi connectivity index (χ0) is 15.1. The number of rotatable bonds is 2. The molecule has 0 unspecified atom stereocenters. The van der Waals surface area contributed by atoms with Crippen LogP contribution in [0.4, 0.5) is 4.79 Å². The molecular weight excluding hydrogens is 270 g/mol. The highest BCUT2D eigenvalue weighted by atomic mass is 16.6. The van der Waals surface area contributed by atoms with E-state index in [4.69, 9.17) is 9.47 Å². The molecule has 21 heavy (non-hydrogen) atoms. The van der Waals surface area contributed by atoms with Gasteiger partial charge in [0.25, 0.3) is 0 Å². The van der Waals surface area contributed by atoms with Crippen LogP contribution in [0.15, 0.2) is 30.3 Å². The molecule has 1 aliphatic rings. The van der Waals surface area contributed by atoms with Crippen molar-refractivity contribution in [2.75, 3.05) is 13.7 Å². The number of ether oxygens (including phenoxy) is 2. The molecule has 114 valence electrons. The molecule has 0 N–H and O–H groups in total. The first-order valence-electron chi connectivity index (χ1n) is 7.33. The fourth-order valence-corrected chi connectivity index (χ4v) is 2.53. The Bertz CT molecular complexity index is 474. The van der Waals surface area contributed by atoms with Crippen LogP contribution in [-0.2, 0) is 9.53 Å². The van der Waals surface area contributed by atoms with E-state index >= 15 is 0 Å². The summed E-state index contributed by atoms with van der Waals surface area (Å²) < 4.78 is 10.2. The Labute approximate surface area is 124 Å². The fourth-order valence-electron chi connectivity index (χ4n) is 2.53. The Hall–Kier alpha value is -2.04. The van der Waals surface area contributed by atoms with Crippen LogP contribution in [0.5, 0.6) is 5.75 Å². The second-order valence-corrected chi connectivity index (χ2v) is 5.12. The molecule has 1 saturated heterocycles. The van der Waals surface area contributed by atoms with Gasteiger partial charge in [-0.2, -0.15) is 0 Å². The molecule has 0 saturated carbocycles. The Balaban J connectivity index is 2.10. The lowest BCUT2D eigenvalue weighted by atomic mass is 10.0. The molecule has 5 heteroatoms. The molecular formula is C16H21NO4. The molecule has 1 amide bonds. The summed E-state index contributed by atoms with van der Waals surface area (Å²) in [6.45, 7) is 0.519. The normalized spacial score (nSPS) is 19.3. The van der Waals surface area contributed by atoms with Gasteiger partial charge in [0.15, 0.2) is 0 Å². The van der Waals surface area contributed by atoms with Gasteiger partial charge in [0.2, 0.25) is 0 Å². The van der Waals surface area contributed by atoms with Crippen molar-refractivity contribution in [1.29, 1.82) is 0 Å². The van der Waals surface area contributed by atoms with Gasteiger partial charge in [0, 0.05) is 6.54 Å². The van der Waals surface area contributed by atoms with Gasteiger partial charge in [-0.3, -0.25) is 4.90 Å². The number of para-hydroxylation sites is 1. The number of esters is 1. The molecule has 1 aromatic rings. The number of hydrogen-bond donors (Lipinski definition) is 0. The largest absolute Gasteiger partial charge is 0.467 e. The van der Waals surface area contributed by atoms with E-state index in [9.17, 15) is 9.59 Å². The van der Waals surface area contributed by atoms with E-state index < -0.39 is 12.1 Å². The summed E-state index contributed by atoms with van der Waals surface area (Å²) in [6, 6.07) is 8.34. The lowest BCUT2D eigenvalue weighted by Gasteiger charge is -2.30. The number of carbonyl (C=O) groups is 2. The maximum absolute atomic E-state index is 12.4. The van der Waals surface area contributed by atoms with Crippen LogP contribution in [0.3, 0.4) is 0 Å². The molecule has 0 bridgehead atoms. The number of methoxy groups -OCH3 is 1. The number of benzene rings is 1. The zero-order valence-electron chi connectivity index (χ0n) is 12.3. The second kappa shape index (κ2) is 7.67. The number of amides is 1. The van der Waals surface area contributed by atoms with Gasteiger partial charge >= 0.3 is 12.1 Å². The summed E-state index contributed by atoms with van der Waals surface area (Å²) in [4.78, 5) is 25.8. The Kier molecular flexibility index (Phi) is 5.60. The molecule has 2 rings (SSSR count). The van der Waals surface area contributed by atoms with Crippen molar-refractivity contribution in [3.63, 3.8) is 0 Å². The maximum atomic E-state index is 12.4. The molecule has 1 atom stereocenters. The van der Waals surface area contributed by atoms with Crippen molar-refractivity contribution >= 4 is 12.1 Å². The summed E-state index contributed by atoms with van der Waals surface area (Å²) in [7, 11) is 1.35. The topological polar surface area (TPSA) is 55.8 Å². The minimum Gasteiger partial charge on any atom is -0.467 e. The predicted octanol–water partition coefficient (Wildman–Crippen LogP) is 2.99. The minimum atomic E-state index is -0.550. The third-order valence-electron chi connectivity index (χ3n) is 3.66. The molecule has 1 fully saturated rings. The van der Waals surface area contributed by atoms with E-state index in [1.54, 1.807) is 24.3 Å². The van der Waals surface area contributed by atoms with Crippen molar-refractivity contribution in [3.05, 3.63) is 30.3 Å². The second-order valence-electron chi connectivity index (χ2n) is 5.12. The standard InChI is InChI=1S/C16H21NO4/c1-20-15(18)14-11-7-2-3-8-12-17(14)16(19)21-13-9-5-4-6-10-13/h4-6,9-10,14H,2-3,7-8,11-12H2,1H3/t14-/m1/s1. The number of hydrogen-bond acceptors (Lipinski definition) is 4. The van der Waals surface area contributed by atoms with Gasteiger partial charge in [-0.05, 0) is 25.0 Å². The van der Waals surface area contributed by atoms with Gasteiger partial charge in [-0.25, -0.2) is 9.59 Å². The third-order valence-corrected chi connectivity index (χ3v) is 3.66. The molecule has 1 aliphatic heterocycles. The van der Waals surface area contributed by atoms with E-state index in [0.717, 1.165) is 25.7 Å². The maximum Gasteiger partial charge on any atom is 0.415 e. The monoisotopic (exact) mass is 291 g/mol. The van der Waals surface area contributed by atoms with Crippen molar-refractivity contribution in [2.24, 2.45) is 0 Å². The Morgan fingerprint density at radius 2 is 1.81 bits per heavy atom. The van der Waals surface area contributed by atoms with Crippen molar-refractivity contribution in [2.45, 2.75) is 38.1 Å². The molecule has 0 aromatic heterocycles. The number of carbonyl (C=O) groups excluding carboxylic acids is 2. The molecule has 0 aliphatic carbocycles. The van der Waals surface area contributed by atoms with Crippen molar-refractivity contribution in [3.8, 4) is 5.75 Å². The predicted molar refractivity (Wildman–Crippen MR) is 78.1 cm³/mol. The Morgan fingerprint density at radius 1 is 1.10 bits per heavy atom. The van der Waals surface area contributed by atoms with Crippen LogP contribution < -0.4 is 4.74 Å². The number of nitrogens with zero attached hydrogens (tertiary/aromatic N) is 1. The van der Waals surface area contributed by atoms with Crippen LogP contribution >= 0.6 is 0 Å². The summed E-state index contributed by atoms with van der Waals surface area (Å²) in [5.41, 5.74) is 0. The SMILES string of the molecule is COC(=O)[C@H]1CCCCCCN1C(=O)Oc1ccccc1.